The largest absolute Gasteiger partial charge is 0.508 e. The van der Waals surface area contributed by atoms with Crippen LogP contribution < -0.4 is 16.0 Å². The van der Waals surface area contributed by atoms with Crippen molar-refractivity contribution in [3.8, 4) is 5.75 Å². The number of aromatic hydroxyl groups is 1. The molecule has 0 aliphatic heterocycles. The number of carboxylic acid groups (broad SMARTS) is 2. The van der Waals surface area contributed by atoms with Gasteiger partial charge >= 0.3 is 11.9 Å². The summed E-state index contributed by atoms with van der Waals surface area (Å²) in [7, 11) is 0. The molecule has 1 aromatic heterocycles. The zero-order valence-electron chi connectivity index (χ0n) is 21.1. The van der Waals surface area contributed by atoms with Gasteiger partial charge < -0.3 is 36.3 Å². The highest BCUT2D eigenvalue weighted by atomic mass is 16.4. The molecule has 0 fully saturated rings. The van der Waals surface area contributed by atoms with Gasteiger partial charge in [0.15, 0.2) is 0 Å². The molecular formula is C27H30N4O8. The van der Waals surface area contributed by atoms with E-state index in [0.29, 0.717) is 11.1 Å². The number of benzene rings is 2. The van der Waals surface area contributed by atoms with Crippen LogP contribution >= 0.6 is 0 Å². The van der Waals surface area contributed by atoms with E-state index in [0.717, 1.165) is 10.9 Å². The second kappa shape index (κ2) is 13.1. The molecule has 0 aliphatic carbocycles. The first kappa shape index (κ1) is 28.7. The van der Waals surface area contributed by atoms with Crippen molar-refractivity contribution in [2.45, 2.75) is 50.7 Å². The van der Waals surface area contributed by atoms with Gasteiger partial charge in [0.05, 0.1) is 0 Å². The lowest BCUT2D eigenvalue weighted by Crippen LogP contribution is -2.56. The molecule has 0 saturated heterocycles. The average Bonchev–Trinajstić information content (AvgIpc) is 3.29. The molecule has 39 heavy (non-hydrogen) atoms. The summed E-state index contributed by atoms with van der Waals surface area (Å²) in [5, 5.41) is 36.6. The van der Waals surface area contributed by atoms with Crippen molar-refractivity contribution >= 4 is 40.6 Å². The van der Waals surface area contributed by atoms with Crippen LogP contribution in [-0.4, -0.2) is 68.1 Å². The van der Waals surface area contributed by atoms with Gasteiger partial charge in [0.25, 0.3) is 0 Å². The Morgan fingerprint density at radius 2 is 1.46 bits per heavy atom. The first-order chi connectivity index (χ1) is 18.5. The minimum Gasteiger partial charge on any atom is -0.508 e. The van der Waals surface area contributed by atoms with E-state index in [9.17, 15) is 34.2 Å². The quantitative estimate of drug-likeness (QED) is 0.168. The number of fused-ring (bicyclic) bond motifs is 1. The Kier molecular flexibility index (Phi) is 9.63. The van der Waals surface area contributed by atoms with E-state index in [4.69, 9.17) is 5.11 Å². The normalized spacial score (nSPS) is 13.2. The molecule has 0 aliphatic rings. The number of carboxylic acids is 2. The smallest absolute Gasteiger partial charge is 0.326 e. The van der Waals surface area contributed by atoms with E-state index < -0.39 is 54.2 Å². The Bertz CT molecular complexity index is 1350. The molecule has 2 aromatic carbocycles. The summed E-state index contributed by atoms with van der Waals surface area (Å²) in [5.41, 5.74) is 2.06. The first-order valence-electron chi connectivity index (χ1n) is 12.2. The summed E-state index contributed by atoms with van der Waals surface area (Å²) in [6.07, 6.45) is 0.842. The summed E-state index contributed by atoms with van der Waals surface area (Å²) < 4.78 is 0. The van der Waals surface area contributed by atoms with Crippen LogP contribution in [0.2, 0.25) is 0 Å². The van der Waals surface area contributed by atoms with Crippen molar-refractivity contribution in [3.63, 3.8) is 0 Å². The highest BCUT2D eigenvalue weighted by molar-refractivity contribution is 5.94. The van der Waals surface area contributed by atoms with Crippen LogP contribution in [0.1, 0.15) is 30.9 Å². The maximum absolute atomic E-state index is 13.1. The van der Waals surface area contributed by atoms with Crippen molar-refractivity contribution in [1.82, 2.24) is 20.9 Å². The number of nitrogens with one attached hydrogen (secondary N) is 4. The predicted octanol–water partition coefficient (Wildman–Crippen LogP) is 1.08. The number of carbonyl (C=O) groups excluding carboxylic acids is 3. The number of rotatable bonds is 13. The molecule has 0 saturated carbocycles. The van der Waals surface area contributed by atoms with E-state index in [1.807, 2.05) is 18.2 Å². The summed E-state index contributed by atoms with van der Waals surface area (Å²) in [6, 6.07) is 9.37. The van der Waals surface area contributed by atoms with Crippen molar-refractivity contribution in [2.24, 2.45) is 0 Å². The summed E-state index contributed by atoms with van der Waals surface area (Å²) >= 11 is 0. The third-order valence-corrected chi connectivity index (χ3v) is 6.06. The molecule has 0 bridgehead atoms. The molecule has 3 amide bonds. The monoisotopic (exact) mass is 538 g/mol. The lowest BCUT2D eigenvalue weighted by Gasteiger charge is -2.24. The Hall–Kier alpha value is -4.87. The lowest BCUT2D eigenvalue weighted by atomic mass is 10.0. The third kappa shape index (κ3) is 8.32. The van der Waals surface area contributed by atoms with Gasteiger partial charge in [-0.25, -0.2) is 4.79 Å². The number of aromatic amines is 1. The molecule has 12 heteroatoms. The van der Waals surface area contributed by atoms with E-state index in [2.05, 4.69) is 20.9 Å². The summed E-state index contributed by atoms with van der Waals surface area (Å²) in [4.78, 5) is 64.2. The number of aliphatic carboxylic acids is 2. The average molecular weight is 539 g/mol. The number of aromatic nitrogens is 1. The lowest BCUT2D eigenvalue weighted by molar-refractivity contribution is -0.143. The van der Waals surface area contributed by atoms with Crippen LogP contribution in [0.3, 0.4) is 0 Å². The fraction of sp³-hybridized carbons (Fsp3) is 0.296. The Morgan fingerprint density at radius 3 is 2.10 bits per heavy atom. The van der Waals surface area contributed by atoms with Crippen LogP contribution in [0.25, 0.3) is 10.9 Å². The van der Waals surface area contributed by atoms with Gasteiger partial charge in [0.1, 0.15) is 23.9 Å². The Labute approximate surface area is 223 Å². The summed E-state index contributed by atoms with van der Waals surface area (Å²) in [5.74, 6) is -4.63. The molecule has 206 valence electrons. The summed E-state index contributed by atoms with van der Waals surface area (Å²) in [6.45, 7) is 1.22. The number of carbonyl (C=O) groups is 5. The Morgan fingerprint density at radius 1 is 0.821 bits per heavy atom. The van der Waals surface area contributed by atoms with Crippen molar-refractivity contribution in [3.05, 3.63) is 65.9 Å². The van der Waals surface area contributed by atoms with Gasteiger partial charge in [-0.3, -0.25) is 19.2 Å². The number of H-pyrrole nitrogens is 1. The van der Waals surface area contributed by atoms with Crippen LogP contribution in [-0.2, 0) is 36.8 Å². The molecule has 0 spiro atoms. The zero-order valence-corrected chi connectivity index (χ0v) is 21.1. The second-order valence-electron chi connectivity index (χ2n) is 9.08. The van der Waals surface area contributed by atoms with Gasteiger partial charge in [-0.1, -0.05) is 30.3 Å². The molecule has 12 nitrogen and oxygen atoms in total. The zero-order chi connectivity index (χ0) is 28.5. The van der Waals surface area contributed by atoms with Gasteiger partial charge in [0.2, 0.25) is 17.7 Å². The minimum absolute atomic E-state index is 0.0188. The number of phenols is 1. The third-order valence-electron chi connectivity index (χ3n) is 6.06. The number of para-hydroxylation sites is 1. The fourth-order valence-corrected chi connectivity index (χ4v) is 4.12. The maximum atomic E-state index is 13.1. The number of phenolic OH excluding ortho intramolecular Hbond substituents is 1. The minimum atomic E-state index is -1.38. The molecular weight excluding hydrogens is 508 g/mol. The SMILES string of the molecule is CC(=O)N[C@@H](Cc1ccc(O)cc1)C(=O)N[C@@H](CCC(=O)O)C(=O)N[C@@H](Cc1c[nH]c2ccccc12)C(=O)O. The molecule has 3 rings (SSSR count). The van der Waals surface area contributed by atoms with Crippen LogP contribution in [0.4, 0.5) is 0 Å². The van der Waals surface area contributed by atoms with E-state index >= 15 is 0 Å². The molecule has 3 aromatic rings. The van der Waals surface area contributed by atoms with Crippen molar-refractivity contribution in [2.75, 3.05) is 0 Å². The number of amides is 3. The van der Waals surface area contributed by atoms with Gasteiger partial charge in [-0.15, -0.1) is 0 Å². The van der Waals surface area contributed by atoms with Crippen LogP contribution in [0.5, 0.6) is 5.75 Å². The highest BCUT2D eigenvalue weighted by Gasteiger charge is 2.30. The van der Waals surface area contributed by atoms with E-state index in [1.54, 1.807) is 24.4 Å². The molecule has 7 N–H and O–H groups in total. The van der Waals surface area contributed by atoms with Crippen molar-refractivity contribution < 1.29 is 39.3 Å². The Balaban J connectivity index is 1.76. The van der Waals surface area contributed by atoms with Gasteiger partial charge in [0, 0.05) is 43.3 Å². The molecule has 0 unspecified atom stereocenters. The van der Waals surface area contributed by atoms with Crippen LogP contribution in [0.15, 0.2) is 54.7 Å². The standard InChI is InChI=1S/C27H30N4O8/c1-15(32)29-22(12-16-6-8-18(33)9-7-16)26(37)30-21(10-11-24(34)35)25(36)31-23(27(38)39)13-17-14-28-20-5-3-2-4-19(17)20/h2-9,14,21-23,28,33H,10-13H2,1H3,(H,29,32)(H,30,37)(H,31,36)(H,34,35)(H,38,39)/t21-,22-,23-/m0/s1. The van der Waals surface area contributed by atoms with Gasteiger partial charge in [-0.2, -0.15) is 0 Å². The maximum Gasteiger partial charge on any atom is 0.326 e. The predicted molar refractivity (Wildman–Crippen MR) is 140 cm³/mol. The molecule has 1 heterocycles. The van der Waals surface area contributed by atoms with E-state index in [1.165, 1.54) is 19.1 Å². The molecule has 3 atom stereocenters. The van der Waals surface area contributed by atoms with Gasteiger partial charge in [-0.05, 0) is 35.7 Å². The topological polar surface area (TPSA) is 198 Å². The fourth-order valence-electron chi connectivity index (χ4n) is 4.12. The number of hydrogen-bond donors (Lipinski definition) is 7. The van der Waals surface area contributed by atoms with Crippen molar-refractivity contribution in [1.29, 1.82) is 0 Å². The number of hydrogen-bond acceptors (Lipinski definition) is 6. The first-order valence-corrected chi connectivity index (χ1v) is 12.2. The highest BCUT2D eigenvalue weighted by Crippen LogP contribution is 2.19. The second-order valence-corrected chi connectivity index (χ2v) is 9.08. The van der Waals surface area contributed by atoms with Crippen LogP contribution in [0, 0.1) is 0 Å². The van der Waals surface area contributed by atoms with E-state index in [-0.39, 0.29) is 25.0 Å². The molecule has 0 radical (unpaired) electrons.